The zero-order valence-corrected chi connectivity index (χ0v) is 17.7. The molecule has 1 saturated heterocycles. The Labute approximate surface area is 181 Å². The van der Waals surface area contributed by atoms with Crippen LogP contribution < -0.4 is 10.1 Å². The van der Waals surface area contributed by atoms with Crippen LogP contribution >= 0.6 is 27.7 Å². The molecule has 1 N–H and O–H groups in total. The molecule has 4 nitrogen and oxygen atoms in total. The van der Waals surface area contributed by atoms with Gasteiger partial charge in [0.25, 0.3) is 5.91 Å². The van der Waals surface area contributed by atoms with Crippen LogP contribution in [0.5, 0.6) is 5.75 Å². The summed E-state index contributed by atoms with van der Waals surface area (Å²) in [4.78, 5) is 17.5. The molecule has 4 rings (SSSR count). The molecule has 0 bridgehead atoms. The van der Waals surface area contributed by atoms with E-state index in [4.69, 9.17) is 4.74 Å². The summed E-state index contributed by atoms with van der Waals surface area (Å²) in [6.45, 7) is 0.467. The molecule has 1 fully saturated rings. The minimum atomic E-state index is -0.168. The molecule has 0 radical (unpaired) electrons. The Morgan fingerprint density at radius 1 is 0.966 bits per heavy atom. The quantitative estimate of drug-likeness (QED) is 0.476. The van der Waals surface area contributed by atoms with Gasteiger partial charge in [0.15, 0.2) is 5.17 Å². The third-order valence-electron chi connectivity index (χ3n) is 4.17. The first kappa shape index (κ1) is 19.5. The molecule has 1 amide bonds. The summed E-state index contributed by atoms with van der Waals surface area (Å²) in [5, 5.41) is 3.37. The van der Waals surface area contributed by atoms with Gasteiger partial charge in [-0.15, -0.1) is 0 Å². The van der Waals surface area contributed by atoms with Crippen LogP contribution in [0, 0.1) is 0 Å². The van der Waals surface area contributed by atoms with Gasteiger partial charge >= 0.3 is 0 Å². The highest BCUT2D eigenvalue weighted by atomic mass is 79.9. The van der Waals surface area contributed by atoms with E-state index in [0.717, 1.165) is 27.0 Å². The van der Waals surface area contributed by atoms with Crippen molar-refractivity contribution in [1.29, 1.82) is 0 Å². The Kier molecular flexibility index (Phi) is 6.12. The fraction of sp³-hybridized carbons (Fsp3) is 0.0435. The first-order valence-electron chi connectivity index (χ1n) is 8.99. The largest absolute Gasteiger partial charge is 0.488 e. The predicted octanol–water partition coefficient (Wildman–Crippen LogP) is 5.92. The van der Waals surface area contributed by atoms with Gasteiger partial charge in [-0.2, -0.15) is 0 Å². The molecule has 29 heavy (non-hydrogen) atoms. The van der Waals surface area contributed by atoms with Crippen molar-refractivity contribution in [2.45, 2.75) is 6.61 Å². The SMILES string of the molecule is O=C1NC(=Nc2ccccc2Br)S/C1=C/c1ccccc1OCc1ccccc1. The summed E-state index contributed by atoms with van der Waals surface area (Å²) < 4.78 is 6.86. The van der Waals surface area contributed by atoms with Gasteiger partial charge < -0.3 is 10.1 Å². The number of hydrogen-bond donors (Lipinski definition) is 1. The van der Waals surface area contributed by atoms with Crippen molar-refractivity contribution < 1.29 is 9.53 Å². The number of amides is 1. The van der Waals surface area contributed by atoms with E-state index < -0.39 is 0 Å². The van der Waals surface area contributed by atoms with E-state index in [9.17, 15) is 4.79 Å². The summed E-state index contributed by atoms with van der Waals surface area (Å²) >= 11 is 4.79. The minimum absolute atomic E-state index is 0.168. The number of hydrogen-bond acceptors (Lipinski definition) is 4. The lowest BCUT2D eigenvalue weighted by atomic mass is 10.2. The molecule has 1 aliphatic heterocycles. The van der Waals surface area contributed by atoms with E-state index in [1.54, 1.807) is 0 Å². The molecule has 3 aromatic carbocycles. The van der Waals surface area contributed by atoms with Crippen LogP contribution in [-0.4, -0.2) is 11.1 Å². The zero-order chi connectivity index (χ0) is 20.1. The molecule has 1 aliphatic rings. The van der Waals surface area contributed by atoms with Crippen molar-refractivity contribution in [3.63, 3.8) is 0 Å². The molecule has 1 heterocycles. The smallest absolute Gasteiger partial charge is 0.264 e. The zero-order valence-electron chi connectivity index (χ0n) is 15.3. The average molecular weight is 465 g/mol. The topological polar surface area (TPSA) is 50.7 Å². The average Bonchev–Trinajstić information content (AvgIpc) is 3.08. The summed E-state index contributed by atoms with van der Waals surface area (Å²) in [6, 6.07) is 25.3. The number of rotatable bonds is 5. The number of aliphatic imine (C=N–C) groups is 1. The Morgan fingerprint density at radius 3 is 2.52 bits per heavy atom. The first-order chi connectivity index (χ1) is 14.2. The molecule has 144 valence electrons. The number of carbonyl (C=O) groups is 1. The van der Waals surface area contributed by atoms with Gasteiger partial charge in [-0.3, -0.25) is 4.79 Å². The highest BCUT2D eigenvalue weighted by Crippen LogP contribution is 2.32. The maximum absolute atomic E-state index is 12.4. The normalized spacial score (nSPS) is 16.2. The molecule has 0 aromatic heterocycles. The van der Waals surface area contributed by atoms with Crippen LogP contribution in [0.4, 0.5) is 5.69 Å². The van der Waals surface area contributed by atoms with Crippen LogP contribution in [0.3, 0.4) is 0 Å². The molecule has 0 unspecified atom stereocenters. The van der Waals surface area contributed by atoms with Crippen LogP contribution in [0.1, 0.15) is 11.1 Å². The van der Waals surface area contributed by atoms with E-state index in [-0.39, 0.29) is 5.91 Å². The van der Waals surface area contributed by atoms with Crippen LogP contribution in [0.2, 0.25) is 0 Å². The van der Waals surface area contributed by atoms with Gasteiger partial charge in [0.2, 0.25) is 0 Å². The molecule has 0 atom stereocenters. The van der Waals surface area contributed by atoms with E-state index >= 15 is 0 Å². The van der Waals surface area contributed by atoms with Gasteiger partial charge in [-0.05, 0) is 57.5 Å². The van der Waals surface area contributed by atoms with Crippen molar-refractivity contribution in [2.75, 3.05) is 0 Å². The number of benzene rings is 3. The van der Waals surface area contributed by atoms with Crippen LogP contribution in [0.15, 0.2) is 93.2 Å². The summed E-state index contributed by atoms with van der Waals surface area (Å²) in [6.07, 6.45) is 1.84. The second-order valence-corrected chi connectivity index (χ2v) is 8.13. The minimum Gasteiger partial charge on any atom is -0.488 e. The van der Waals surface area contributed by atoms with E-state index in [1.807, 2.05) is 84.9 Å². The predicted molar refractivity (Wildman–Crippen MR) is 122 cm³/mol. The Morgan fingerprint density at radius 2 is 1.69 bits per heavy atom. The number of thioether (sulfide) groups is 1. The summed E-state index contributed by atoms with van der Waals surface area (Å²) in [7, 11) is 0. The van der Waals surface area contributed by atoms with Crippen molar-refractivity contribution in [3.05, 3.63) is 99.4 Å². The molecule has 0 spiro atoms. The van der Waals surface area contributed by atoms with Crippen molar-refractivity contribution in [1.82, 2.24) is 5.32 Å². The number of carbonyl (C=O) groups excluding carboxylic acids is 1. The van der Waals surface area contributed by atoms with Gasteiger partial charge in [0, 0.05) is 10.0 Å². The van der Waals surface area contributed by atoms with Gasteiger partial charge in [-0.1, -0.05) is 60.7 Å². The number of ether oxygens (including phenoxy) is 1. The molecule has 3 aromatic rings. The molecule has 0 saturated carbocycles. The summed E-state index contributed by atoms with van der Waals surface area (Å²) in [5.74, 6) is 0.562. The van der Waals surface area contributed by atoms with Crippen molar-refractivity contribution in [2.24, 2.45) is 4.99 Å². The van der Waals surface area contributed by atoms with E-state index in [1.165, 1.54) is 11.8 Å². The van der Waals surface area contributed by atoms with Crippen LogP contribution in [0.25, 0.3) is 6.08 Å². The lowest BCUT2D eigenvalue weighted by Crippen LogP contribution is -2.19. The lowest BCUT2D eigenvalue weighted by Gasteiger charge is -2.09. The number of nitrogens with one attached hydrogen (secondary N) is 1. The van der Waals surface area contributed by atoms with Gasteiger partial charge in [0.1, 0.15) is 12.4 Å². The molecule has 0 aliphatic carbocycles. The maximum atomic E-state index is 12.4. The number of para-hydroxylation sites is 2. The third kappa shape index (κ3) is 4.96. The Bertz CT molecular complexity index is 1100. The highest BCUT2D eigenvalue weighted by molar-refractivity contribution is 9.10. The van der Waals surface area contributed by atoms with Crippen molar-refractivity contribution >= 4 is 50.5 Å². The second kappa shape index (κ2) is 9.11. The monoisotopic (exact) mass is 464 g/mol. The van der Waals surface area contributed by atoms with Crippen LogP contribution in [-0.2, 0) is 11.4 Å². The molecular formula is C23H17BrN2O2S. The third-order valence-corrected chi connectivity index (χ3v) is 5.75. The first-order valence-corrected chi connectivity index (χ1v) is 10.6. The Balaban J connectivity index is 1.54. The van der Waals surface area contributed by atoms with E-state index in [2.05, 4.69) is 26.2 Å². The standard InChI is InChI=1S/C23H17BrN2O2S/c24-18-11-5-6-12-19(18)25-23-26-22(27)21(29-23)14-17-10-4-7-13-20(17)28-15-16-8-2-1-3-9-16/h1-14H,15H2,(H,25,26,27)/b21-14+. The lowest BCUT2D eigenvalue weighted by molar-refractivity contribution is -0.115. The van der Waals surface area contributed by atoms with Crippen molar-refractivity contribution in [3.8, 4) is 5.75 Å². The fourth-order valence-corrected chi connectivity index (χ4v) is 3.94. The maximum Gasteiger partial charge on any atom is 0.264 e. The molecule has 6 heteroatoms. The molecular weight excluding hydrogens is 448 g/mol. The number of amidine groups is 1. The van der Waals surface area contributed by atoms with Gasteiger partial charge in [-0.25, -0.2) is 4.99 Å². The summed E-state index contributed by atoms with van der Waals surface area (Å²) in [5.41, 5.74) is 2.71. The highest BCUT2D eigenvalue weighted by Gasteiger charge is 2.24. The number of halogens is 1. The second-order valence-electron chi connectivity index (χ2n) is 6.25. The fourth-order valence-electron chi connectivity index (χ4n) is 2.74. The Hall–Kier alpha value is -2.83. The number of nitrogens with zero attached hydrogens (tertiary/aromatic N) is 1. The van der Waals surface area contributed by atoms with E-state index in [0.29, 0.717) is 16.7 Å². The van der Waals surface area contributed by atoms with Gasteiger partial charge in [0.05, 0.1) is 10.6 Å².